The van der Waals surface area contributed by atoms with Crippen LogP contribution in [0.25, 0.3) is 6.08 Å². The number of carbonyl (C=O) groups is 2. The van der Waals surface area contributed by atoms with Gasteiger partial charge < -0.3 is 10.1 Å². The van der Waals surface area contributed by atoms with Crippen molar-refractivity contribution in [2.45, 2.75) is 6.18 Å². The fourth-order valence-electron chi connectivity index (χ4n) is 3.20. The summed E-state index contributed by atoms with van der Waals surface area (Å²) in [6.07, 6.45) is -2.78. The van der Waals surface area contributed by atoms with E-state index in [1.165, 1.54) is 28.8 Å². The molecule has 0 atom stereocenters. The Morgan fingerprint density at radius 2 is 1.74 bits per heavy atom. The van der Waals surface area contributed by atoms with E-state index in [0.717, 1.165) is 17.7 Å². The van der Waals surface area contributed by atoms with Crippen LogP contribution < -0.4 is 15.0 Å². The number of rotatable bonds is 6. The number of nitrogens with zero attached hydrogens (tertiary/aromatic N) is 1. The first-order chi connectivity index (χ1) is 16.7. The van der Waals surface area contributed by atoms with Gasteiger partial charge in [-0.1, -0.05) is 60.4 Å². The van der Waals surface area contributed by atoms with Crippen molar-refractivity contribution in [3.63, 3.8) is 0 Å². The minimum absolute atomic E-state index is 0.0246. The van der Waals surface area contributed by atoms with E-state index in [9.17, 15) is 22.8 Å². The van der Waals surface area contributed by atoms with Crippen LogP contribution in [0.2, 0.25) is 0 Å². The van der Waals surface area contributed by atoms with E-state index in [4.69, 9.17) is 17.0 Å². The minimum atomic E-state index is -4.50. The molecule has 0 aliphatic carbocycles. The van der Waals surface area contributed by atoms with Gasteiger partial charge >= 0.3 is 6.18 Å². The second kappa shape index (κ2) is 10.3. The zero-order valence-electron chi connectivity index (χ0n) is 17.9. The monoisotopic (exact) mass is 514 g/mol. The van der Waals surface area contributed by atoms with E-state index >= 15 is 0 Å². The topological polar surface area (TPSA) is 58.6 Å². The maximum Gasteiger partial charge on any atom is 0.416 e. The zero-order valence-corrected chi connectivity index (χ0v) is 19.5. The maximum absolute atomic E-state index is 12.8. The average Bonchev–Trinajstić information content (AvgIpc) is 3.11. The van der Waals surface area contributed by atoms with E-state index in [2.05, 4.69) is 5.32 Å². The van der Waals surface area contributed by atoms with Crippen LogP contribution in [0.1, 0.15) is 11.1 Å². The van der Waals surface area contributed by atoms with Gasteiger partial charge in [0.2, 0.25) is 0 Å². The number of thioether (sulfide) groups is 1. The molecule has 4 rings (SSSR count). The number of thiocarbonyl (C=S) groups is 1. The minimum Gasteiger partial charge on any atom is -0.484 e. The number of nitrogens with one attached hydrogen (secondary N) is 1. The van der Waals surface area contributed by atoms with Gasteiger partial charge in [-0.15, -0.1) is 0 Å². The molecule has 1 N–H and O–H groups in total. The molecular formula is C25H17F3N2O3S2. The summed E-state index contributed by atoms with van der Waals surface area (Å²) in [5.74, 6) is -0.422. The van der Waals surface area contributed by atoms with Gasteiger partial charge in [-0.25, -0.2) is 0 Å². The highest BCUT2D eigenvalue weighted by atomic mass is 32.2. The molecule has 5 nitrogen and oxygen atoms in total. The van der Waals surface area contributed by atoms with Crippen LogP contribution in [0.3, 0.4) is 0 Å². The van der Waals surface area contributed by atoms with Gasteiger partial charge in [0.1, 0.15) is 5.75 Å². The molecule has 0 spiro atoms. The summed E-state index contributed by atoms with van der Waals surface area (Å²) in [4.78, 5) is 26.8. The highest BCUT2D eigenvalue weighted by molar-refractivity contribution is 8.27. The molecular weight excluding hydrogens is 497 g/mol. The number of carbonyl (C=O) groups excluding carboxylic acids is 2. The number of alkyl halides is 3. The molecule has 10 heteroatoms. The molecule has 1 aliphatic rings. The molecule has 0 unspecified atom stereocenters. The lowest BCUT2D eigenvalue weighted by molar-refractivity contribution is -0.137. The average molecular weight is 515 g/mol. The number of para-hydroxylation sites is 1. The largest absolute Gasteiger partial charge is 0.484 e. The molecule has 1 heterocycles. The number of ether oxygens (including phenoxy) is 1. The Balaban J connectivity index is 1.35. The molecule has 178 valence electrons. The first-order valence-electron chi connectivity index (χ1n) is 10.2. The van der Waals surface area contributed by atoms with Gasteiger partial charge in [-0.05, 0) is 54.1 Å². The molecule has 0 bridgehead atoms. The third-order valence-electron chi connectivity index (χ3n) is 4.83. The van der Waals surface area contributed by atoms with Crippen molar-refractivity contribution in [1.82, 2.24) is 0 Å². The Labute approximate surface area is 208 Å². The zero-order chi connectivity index (χ0) is 25.0. The predicted molar refractivity (Wildman–Crippen MR) is 134 cm³/mol. The number of halogens is 3. The van der Waals surface area contributed by atoms with Gasteiger partial charge in [-0.2, -0.15) is 13.2 Å². The molecule has 35 heavy (non-hydrogen) atoms. The normalized spacial score (nSPS) is 14.9. The maximum atomic E-state index is 12.8. The SMILES string of the molecule is O=C(COc1ccc(/C=C2\SC(=S)N(c3ccccc3)C2=O)cc1)Nc1cccc(C(F)(F)F)c1. The highest BCUT2D eigenvalue weighted by Crippen LogP contribution is 2.36. The van der Waals surface area contributed by atoms with Gasteiger partial charge in [-0.3, -0.25) is 14.5 Å². The van der Waals surface area contributed by atoms with E-state index in [0.29, 0.717) is 20.7 Å². The van der Waals surface area contributed by atoms with E-state index < -0.39 is 17.6 Å². The molecule has 0 saturated carbocycles. The standard InChI is InChI=1S/C25H17F3N2O3S2/c26-25(27,28)17-5-4-6-18(14-17)29-22(31)15-33-20-11-9-16(10-12-20)13-21-23(32)30(24(34)35-21)19-7-2-1-3-8-19/h1-14H,15H2,(H,29,31)/b21-13-. The van der Waals surface area contributed by atoms with Crippen molar-refractivity contribution in [2.75, 3.05) is 16.8 Å². The lowest BCUT2D eigenvalue weighted by Gasteiger charge is -2.13. The second-order valence-electron chi connectivity index (χ2n) is 7.34. The van der Waals surface area contributed by atoms with Crippen LogP contribution >= 0.6 is 24.0 Å². The third kappa shape index (κ3) is 6.09. The molecule has 0 aromatic heterocycles. The Morgan fingerprint density at radius 3 is 2.43 bits per heavy atom. The molecule has 1 saturated heterocycles. The van der Waals surface area contributed by atoms with Crippen LogP contribution in [0.4, 0.5) is 24.5 Å². The first kappa shape index (κ1) is 24.5. The van der Waals surface area contributed by atoms with Crippen molar-refractivity contribution in [1.29, 1.82) is 0 Å². The van der Waals surface area contributed by atoms with Crippen LogP contribution in [-0.4, -0.2) is 22.7 Å². The van der Waals surface area contributed by atoms with Crippen LogP contribution in [-0.2, 0) is 15.8 Å². The lowest BCUT2D eigenvalue weighted by atomic mass is 10.2. The summed E-state index contributed by atoms with van der Waals surface area (Å²) in [5, 5.41) is 2.38. The summed E-state index contributed by atoms with van der Waals surface area (Å²) >= 11 is 6.57. The molecule has 3 aromatic carbocycles. The Morgan fingerprint density at radius 1 is 1.03 bits per heavy atom. The van der Waals surface area contributed by atoms with Crippen molar-refractivity contribution in [3.8, 4) is 5.75 Å². The Bertz CT molecular complexity index is 1290. The number of hydrogen-bond donors (Lipinski definition) is 1. The van der Waals surface area contributed by atoms with E-state index in [-0.39, 0.29) is 18.2 Å². The number of amides is 2. The fourth-order valence-corrected chi connectivity index (χ4v) is 4.50. The highest BCUT2D eigenvalue weighted by Gasteiger charge is 2.33. The summed E-state index contributed by atoms with van der Waals surface area (Å²) in [5.41, 5.74) is 0.606. The number of hydrogen-bond acceptors (Lipinski definition) is 5. The smallest absolute Gasteiger partial charge is 0.416 e. The molecule has 1 fully saturated rings. The van der Waals surface area contributed by atoms with Gasteiger partial charge in [0.15, 0.2) is 10.9 Å². The van der Waals surface area contributed by atoms with Crippen molar-refractivity contribution in [3.05, 3.63) is 94.9 Å². The molecule has 3 aromatic rings. The van der Waals surface area contributed by atoms with Gasteiger partial charge in [0.05, 0.1) is 16.2 Å². The van der Waals surface area contributed by atoms with E-state index in [1.807, 2.05) is 30.3 Å². The number of anilines is 2. The van der Waals surface area contributed by atoms with Gasteiger partial charge in [0, 0.05) is 5.69 Å². The molecule has 1 aliphatic heterocycles. The van der Waals surface area contributed by atoms with Crippen molar-refractivity contribution >= 4 is 57.6 Å². The van der Waals surface area contributed by atoms with E-state index in [1.54, 1.807) is 30.3 Å². The molecule has 2 amide bonds. The quantitative estimate of drug-likeness (QED) is 0.317. The van der Waals surface area contributed by atoms with Crippen LogP contribution in [0.5, 0.6) is 5.75 Å². The summed E-state index contributed by atoms with van der Waals surface area (Å²) in [6, 6.07) is 20.2. The van der Waals surface area contributed by atoms with Crippen molar-refractivity contribution < 1.29 is 27.5 Å². The molecule has 0 radical (unpaired) electrons. The Kier molecular flexibility index (Phi) is 7.23. The van der Waals surface area contributed by atoms with Crippen molar-refractivity contribution in [2.24, 2.45) is 0 Å². The Hall–Kier alpha value is -3.63. The van der Waals surface area contributed by atoms with Crippen LogP contribution in [0, 0.1) is 0 Å². The first-order valence-corrected chi connectivity index (χ1v) is 11.5. The lowest BCUT2D eigenvalue weighted by Crippen LogP contribution is -2.27. The summed E-state index contributed by atoms with van der Waals surface area (Å²) < 4.78 is 44.3. The number of benzene rings is 3. The third-order valence-corrected chi connectivity index (χ3v) is 6.13. The van der Waals surface area contributed by atoms with Gasteiger partial charge in [0.25, 0.3) is 11.8 Å². The van der Waals surface area contributed by atoms with Crippen LogP contribution in [0.15, 0.2) is 83.8 Å². The summed E-state index contributed by atoms with van der Waals surface area (Å²) in [6.45, 7) is -0.384. The summed E-state index contributed by atoms with van der Waals surface area (Å²) in [7, 11) is 0. The second-order valence-corrected chi connectivity index (χ2v) is 9.01. The predicted octanol–water partition coefficient (Wildman–Crippen LogP) is 6.13. The fraction of sp³-hybridized carbons (Fsp3) is 0.0800.